The standard InChI is InChI=1S/C11H18N2O/c1-9-4-2-6-13-8-10(5-3-7-14)12-11(9)13/h8-9,14H,2-7H2,1H3. The van der Waals surface area contributed by atoms with Crippen molar-refractivity contribution in [2.75, 3.05) is 6.61 Å². The molecule has 0 aromatic carbocycles. The van der Waals surface area contributed by atoms with E-state index in [0.29, 0.717) is 5.92 Å². The molecule has 2 rings (SSSR count). The first kappa shape index (κ1) is 9.71. The first-order valence-corrected chi connectivity index (χ1v) is 5.48. The van der Waals surface area contributed by atoms with Crippen molar-refractivity contribution in [2.45, 2.75) is 45.1 Å². The summed E-state index contributed by atoms with van der Waals surface area (Å²) >= 11 is 0. The molecule has 0 saturated carbocycles. The SMILES string of the molecule is CC1CCCn2cc(CCCO)nc21. The molecule has 0 aliphatic carbocycles. The molecule has 2 heterocycles. The van der Waals surface area contributed by atoms with E-state index in [1.54, 1.807) is 0 Å². The molecular weight excluding hydrogens is 176 g/mol. The predicted octanol–water partition coefficient (Wildman–Crippen LogP) is 1.71. The van der Waals surface area contributed by atoms with E-state index < -0.39 is 0 Å². The third-order valence-corrected chi connectivity index (χ3v) is 2.93. The van der Waals surface area contributed by atoms with Crippen molar-refractivity contribution in [1.82, 2.24) is 9.55 Å². The number of rotatable bonds is 3. The summed E-state index contributed by atoms with van der Waals surface area (Å²) in [6, 6.07) is 0. The van der Waals surface area contributed by atoms with E-state index in [0.717, 1.165) is 25.1 Å². The Morgan fingerprint density at radius 3 is 3.21 bits per heavy atom. The summed E-state index contributed by atoms with van der Waals surface area (Å²) in [5.74, 6) is 1.84. The van der Waals surface area contributed by atoms with Gasteiger partial charge in [-0.25, -0.2) is 4.98 Å². The van der Waals surface area contributed by atoms with E-state index in [1.165, 1.54) is 18.7 Å². The lowest BCUT2D eigenvalue weighted by atomic mass is 10.0. The van der Waals surface area contributed by atoms with Gasteiger partial charge in [-0.05, 0) is 25.7 Å². The molecule has 1 unspecified atom stereocenters. The first-order chi connectivity index (χ1) is 6.81. The molecule has 1 aliphatic rings. The van der Waals surface area contributed by atoms with Gasteiger partial charge in [-0.15, -0.1) is 0 Å². The molecule has 1 atom stereocenters. The number of fused-ring (bicyclic) bond motifs is 1. The molecule has 0 amide bonds. The van der Waals surface area contributed by atoms with Crippen LogP contribution in [-0.4, -0.2) is 21.3 Å². The number of hydrogen-bond donors (Lipinski definition) is 1. The fraction of sp³-hybridized carbons (Fsp3) is 0.727. The molecular formula is C11H18N2O. The Bertz CT molecular complexity index is 306. The van der Waals surface area contributed by atoms with Crippen LogP contribution in [0, 0.1) is 0 Å². The minimum atomic E-state index is 0.262. The van der Waals surface area contributed by atoms with Gasteiger partial charge in [-0.1, -0.05) is 6.92 Å². The zero-order valence-corrected chi connectivity index (χ0v) is 8.74. The highest BCUT2D eigenvalue weighted by Gasteiger charge is 2.18. The van der Waals surface area contributed by atoms with Crippen LogP contribution in [0.3, 0.4) is 0 Å². The molecule has 3 heteroatoms. The second-order valence-corrected chi connectivity index (χ2v) is 4.15. The third-order valence-electron chi connectivity index (χ3n) is 2.93. The zero-order valence-electron chi connectivity index (χ0n) is 8.74. The maximum atomic E-state index is 8.75. The average molecular weight is 194 g/mol. The van der Waals surface area contributed by atoms with E-state index in [2.05, 4.69) is 22.7 Å². The number of aryl methyl sites for hydroxylation is 2. The first-order valence-electron chi connectivity index (χ1n) is 5.48. The van der Waals surface area contributed by atoms with Crippen LogP contribution in [0.2, 0.25) is 0 Å². The van der Waals surface area contributed by atoms with Crippen molar-refractivity contribution in [3.8, 4) is 0 Å². The Hall–Kier alpha value is -0.830. The van der Waals surface area contributed by atoms with E-state index in [9.17, 15) is 0 Å². The maximum Gasteiger partial charge on any atom is 0.111 e. The Balaban J connectivity index is 2.13. The Morgan fingerprint density at radius 2 is 2.50 bits per heavy atom. The Labute approximate surface area is 84.8 Å². The average Bonchev–Trinajstić information content (AvgIpc) is 2.59. The molecule has 14 heavy (non-hydrogen) atoms. The Morgan fingerprint density at radius 1 is 1.64 bits per heavy atom. The van der Waals surface area contributed by atoms with Gasteiger partial charge in [0.25, 0.3) is 0 Å². The summed E-state index contributed by atoms with van der Waals surface area (Å²) < 4.78 is 2.28. The number of aliphatic hydroxyl groups is 1. The normalized spacial score (nSPS) is 20.9. The monoisotopic (exact) mass is 194 g/mol. The molecule has 0 radical (unpaired) electrons. The molecule has 78 valence electrons. The van der Waals surface area contributed by atoms with E-state index in [-0.39, 0.29) is 6.61 Å². The second-order valence-electron chi connectivity index (χ2n) is 4.15. The van der Waals surface area contributed by atoms with Crippen LogP contribution < -0.4 is 0 Å². The summed E-state index contributed by atoms with van der Waals surface area (Å²) in [6.07, 6.45) is 6.41. The van der Waals surface area contributed by atoms with Gasteiger partial charge < -0.3 is 9.67 Å². The summed E-state index contributed by atoms with van der Waals surface area (Å²) in [5, 5.41) is 8.75. The Kier molecular flexibility index (Phi) is 2.87. The minimum absolute atomic E-state index is 0.262. The summed E-state index contributed by atoms with van der Waals surface area (Å²) in [4.78, 5) is 4.62. The highest BCUT2D eigenvalue weighted by atomic mass is 16.2. The number of aromatic nitrogens is 2. The fourth-order valence-corrected chi connectivity index (χ4v) is 2.14. The third kappa shape index (κ3) is 1.82. The van der Waals surface area contributed by atoms with Gasteiger partial charge in [0.2, 0.25) is 0 Å². The van der Waals surface area contributed by atoms with Crippen molar-refractivity contribution in [2.24, 2.45) is 0 Å². The maximum absolute atomic E-state index is 8.75. The second kappa shape index (κ2) is 4.13. The highest BCUT2D eigenvalue weighted by molar-refractivity contribution is 5.09. The van der Waals surface area contributed by atoms with Crippen molar-refractivity contribution < 1.29 is 5.11 Å². The van der Waals surface area contributed by atoms with Crippen LogP contribution in [0.5, 0.6) is 0 Å². The molecule has 1 aliphatic heterocycles. The number of aliphatic hydroxyl groups excluding tert-OH is 1. The van der Waals surface area contributed by atoms with Crippen LogP contribution in [-0.2, 0) is 13.0 Å². The minimum Gasteiger partial charge on any atom is -0.396 e. The van der Waals surface area contributed by atoms with E-state index in [1.807, 2.05) is 0 Å². The smallest absolute Gasteiger partial charge is 0.111 e. The molecule has 1 aromatic rings. The van der Waals surface area contributed by atoms with Crippen LogP contribution in [0.15, 0.2) is 6.20 Å². The summed E-state index contributed by atoms with van der Waals surface area (Å²) in [7, 11) is 0. The topological polar surface area (TPSA) is 38.0 Å². The molecule has 0 spiro atoms. The highest BCUT2D eigenvalue weighted by Crippen LogP contribution is 2.25. The van der Waals surface area contributed by atoms with E-state index >= 15 is 0 Å². The predicted molar refractivity (Wildman–Crippen MR) is 55.3 cm³/mol. The molecule has 0 fully saturated rings. The van der Waals surface area contributed by atoms with Crippen LogP contribution in [0.1, 0.15) is 43.6 Å². The lowest BCUT2D eigenvalue weighted by Gasteiger charge is -2.19. The van der Waals surface area contributed by atoms with Gasteiger partial charge in [0.05, 0.1) is 5.69 Å². The summed E-state index contributed by atoms with van der Waals surface area (Å²) in [5.41, 5.74) is 1.14. The van der Waals surface area contributed by atoms with Crippen molar-refractivity contribution in [3.05, 3.63) is 17.7 Å². The van der Waals surface area contributed by atoms with Crippen molar-refractivity contribution in [3.63, 3.8) is 0 Å². The molecule has 1 N–H and O–H groups in total. The lowest BCUT2D eigenvalue weighted by Crippen LogP contribution is -2.12. The number of nitrogens with zero attached hydrogens (tertiary/aromatic N) is 2. The molecule has 0 saturated heterocycles. The van der Waals surface area contributed by atoms with Gasteiger partial charge in [0.15, 0.2) is 0 Å². The molecule has 3 nitrogen and oxygen atoms in total. The number of hydrogen-bond acceptors (Lipinski definition) is 2. The van der Waals surface area contributed by atoms with Gasteiger partial charge in [-0.3, -0.25) is 0 Å². The van der Waals surface area contributed by atoms with Gasteiger partial charge >= 0.3 is 0 Å². The van der Waals surface area contributed by atoms with Gasteiger partial charge in [-0.2, -0.15) is 0 Å². The van der Waals surface area contributed by atoms with E-state index in [4.69, 9.17) is 5.11 Å². The van der Waals surface area contributed by atoms with Gasteiger partial charge in [0.1, 0.15) is 5.82 Å². The lowest BCUT2D eigenvalue weighted by molar-refractivity contribution is 0.288. The van der Waals surface area contributed by atoms with Crippen LogP contribution in [0.25, 0.3) is 0 Å². The van der Waals surface area contributed by atoms with Gasteiger partial charge in [0, 0.05) is 25.3 Å². The zero-order chi connectivity index (χ0) is 9.97. The number of imidazole rings is 1. The quantitative estimate of drug-likeness (QED) is 0.795. The van der Waals surface area contributed by atoms with Crippen molar-refractivity contribution in [1.29, 1.82) is 0 Å². The van der Waals surface area contributed by atoms with Crippen molar-refractivity contribution >= 4 is 0 Å². The van der Waals surface area contributed by atoms with Crippen LogP contribution in [0.4, 0.5) is 0 Å². The molecule has 0 bridgehead atoms. The largest absolute Gasteiger partial charge is 0.396 e. The summed E-state index contributed by atoms with van der Waals surface area (Å²) in [6.45, 7) is 3.62. The molecule has 1 aromatic heterocycles. The van der Waals surface area contributed by atoms with Crippen LogP contribution >= 0.6 is 0 Å². The fourth-order valence-electron chi connectivity index (χ4n) is 2.14.